The van der Waals surface area contributed by atoms with Crippen LogP contribution in [0.5, 0.6) is 5.75 Å². The first kappa shape index (κ1) is 28.2. The topological polar surface area (TPSA) is 96.5 Å². The van der Waals surface area contributed by atoms with Crippen molar-refractivity contribution in [1.29, 1.82) is 0 Å². The van der Waals surface area contributed by atoms with Gasteiger partial charge in [0.1, 0.15) is 5.75 Å². The van der Waals surface area contributed by atoms with Crippen LogP contribution in [0.2, 0.25) is 5.02 Å². The predicted octanol–water partition coefficient (Wildman–Crippen LogP) is 5.00. The first-order chi connectivity index (χ1) is 17.5. The molecule has 0 saturated heterocycles. The Morgan fingerprint density at radius 2 is 1.73 bits per heavy atom. The first-order valence-corrected chi connectivity index (χ1v) is 11.7. The molecule has 1 aromatic heterocycles. The Balaban J connectivity index is 1.78. The van der Waals surface area contributed by atoms with Crippen molar-refractivity contribution in [2.45, 2.75) is 19.3 Å². The summed E-state index contributed by atoms with van der Waals surface area (Å²) >= 11 is 11.5. The fraction of sp³-hybridized carbons (Fsp3) is 0.250. The van der Waals surface area contributed by atoms with E-state index in [1.54, 1.807) is 43.2 Å². The first-order valence-electron chi connectivity index (χ1n) is 10.8. The van der Waals surface area contributed by atoms with Crippen molar-refractivity contribution >= 4 is 35.0 Å². The standard InChI is InChI=1S/C24H22Cl2F3N5O3/c1-14(32-22(35)17-11-18(26)13-19(12-17)37-24(27,28)29)20-21(31-9-8-30-20)15-3-5-16(6-4-15)23(36)33-34(2)10-7-25/h3-6,8-9,11-14H,7,10H2,1-2H3,(H,32,35)(H,33,36). The zero-order valence-corrected chi connectivity index (χ0v) is 21.2. The Hall–Kier alpha value is -3.41. The molecular weight excluding hydrogens is 534 g/mol. The summed E-state index contributed by atoms with van der Waals surface area (Å²) in [6.07, 6.45) is -2.01. The maximum Gasteiger partial charge on any atom is 0.573 e. The van der Waals surface area contributed by atoms with E-state index in [2.05, 4.69) is 25.4 Å². The van der Waals surface area contributed by atoms with Crippen molar-refractivity contribution in [2.75, 3.05) is 19.5 Å². The molecule has 2 aromatic carbocycles. The number of nitrogens with zero attached hydrogens (tertiary/aromatic N) is 3. The fourth-order valence-corrected chi connectivity index (χ4v) is 3.80. The number of benzene rings is 2. The number of hydrazine groups is 1. The lowest BCUT2D eigenvalue weighted by Gasteiger charge is -2.18. The van der Waals surface area contributed by atoms with Crippen LogP contribution in [0.15, 0.2) is 54.9 Å². The number of carbonyl (C=O) groups excluding carboxylic acids is 2. The third kappa shape index (κ3) is 8.04. The molecule has 196 valence electrons. The highest BCUT2D eigenvalue weighted by Gasteiger charge is 2.31. The zero-order chi connectivity index (χ0) is 27.2. The molecule has 1 heterocycles. The number of rotatable bonds is 9. The molecule has 8 nitrogen and oxygen atoms in total. The normalized spacial score (nSPS) is 12.2. The van der Waals surface area contributed by atoms with E-state index in [0.29, 0.717) is 34.9 Å². The Labute approximate surface area is 220 Å². The predicted molar refractivity (Wildman–Crippen MR) is 132 cm³/mol. The molecule has 1 unspecified atom stereocenters. The third-order valence-electron chi connectivity index (χ3n) is 4.98. The lowest BCUT2D eigenvalue weighted by Crippen LogP contribution is -2.40. The van der Waals surface area contributed by atoms with Crippen LogP contribution >= 0.6 is 23.2 Å². The summed E-state index contributed by atoms with van der Waals surface area (Å²) in [7, 11) is 1.70. The van der Waals surface area contributed by atoms with Gasteiger partial charge >= 0.3 is 6.36 Å². The van der Waals surface area contributed by atoms with Crippen LogP contribution in [0.4, 0.5) is 13.2 Å². The summed E-state index contributed by atoms with van der Waals surface area (Å²) in [5.41, 5.74) is 4.48. The molecule has 13 heteroatoms. The number of hydrogen-bond donors (Lipinski definition) is 2. The summed E-state index contributed by atoms with van der Waals surface area (Å²) in [5, 5.41) is 4.16. The van der Waals surface area contributed by atoms with Gasteiger partial charge in [-0.1, -0.05) is 23.7 Å². The lowest BCUT2D eigenvalue weighted by atomic mass is 10.0. The number of aromatic nitrogens is 2. The second-order valence-electron chi connectivity index (χ2n) is 7.84. The van der Waals surface area contributed by atoms with Crippen molar-refractivity contribution in [1.82, 2.24) is 25.7 Å². The molecule has 0 aliphatic heterocycles. The second-order valence-corrected chi connectivity index (χ2v) is 8.65. The van der Waals surface area contributed by atoms with Gasteiger partial charge in [-0.2, -0.15) is 0 Å². The Morgan fingerprint density at radius 1 is 1.05 bits per heavy atom. The van der Waals surface area contributed by atoms with Gasteiger partial charge in [-0.25, -0.2) is 5.01 Å². The molecule has 3 rings (SSSR count). The quantitative estimate of drug-likeness (QED) is 0.285. The molecule has 0 aliphatic carbocycles. The average Bonchev–Trinajstić information content (AvgIpc) is 2.82. The monoisotopic (exact) mass is 555 g/mol. The Morgan fingerprint density at radius 3 is 2.38 bits per heavy atom. The van der Waals surface area contributed by atoms with Crippen molar-refractivity contribution in [3.8, 4) is 17.0 Å². The van der Waals surface area contributed by atoms with Crippen molar-refractivity contribution < 1.29 is 27.5 Å². The summed E-state index contributed by atoms with van der Waals surface area (Å²) in [6, 6.07) is 9.05. The van der Waals surface area contributed by atoms with Crippen LogP contribution in [-0.2, 0) is 0 Å². The van der Waals surface area contributed by atoms with Gasteiger partial charge in [0.05, 0.1) is 17.4 Å². The van der Waals surface area contributed by atoms with Crippen LogP contribution in [0.1, 0.15) is 39.4 Å². The van der Waals surface area contributed by atoms with Gasteiger partial charge in [-0.05, 0) is 37.3 Å². The largest absolute Gasteiger partial charge is 0.573 e. The van der Waals surface area contributed by atoms with Gasteiger partial charge in [-0.3, -0.25) is 25.0 Å². The number of hydrogen-bond acceptors (Lipinski definition) is 6. The zero-order valence-electron chi connectivity index (χ0n) is 19.6. The van der Waals surface area contributed by atoms with Crippen LogP contribution in [0.3, 0.4) is 0 Å². The van der Waals surface area contributed by atoms with Crippen LogP contribution in [-0.4, -0.2) is 52.6 Å². The van der Waals surface area contributed by atoms with Crippen molar-refractivity contribution in [3.05, 3.63) is 76.7 Å². The number of carbonyl (C=O) groups is 2. The summed E-state index contributed by atoms with van der Waals surface area (Å²) < 4.78 is 41.6. The average molecular weight is 556 g/mol. The number of ether oxygens (including phenoxy) is 1. The molecule has 0 spiro atoms. The van der Waals surface area contributed by atoms with Gasteiger partial charge in [-0.15, -0.1) is 24.8 Å². The molecule has 0 fully saturated rings. The number of alkyl halides is 4. The number of amides is 2. The lowest BCUT2D eigenvalue weighted by molar-refractivity contribution is -0.274. The van der Waals surface area contributed by atoms with E-state index in [1.807, 2.05) is 0 Å². The van der Waals surface area contributed by atoms with Crippen LogP contribution < -0.4 is 15.5 Å². The van der Waals surface area contributed by atoms with Gasteiger partial charge in [0.15, 0.2) is 0 Å². The summed E-state index contributed by atoms with van der Waals surface area (Å²) in [5.74, 6) is -1.25. The summed E-state index contributed by atoms with van der Waals surface area (Å²) in [6.45, 7) is 2.13. The Kier molecular flexibility index (Phi) is 9.30. The van der Waals surface area contributed by atoms with E-state index in [1.165, 1.54) is 18.5 Å². The van der Waals surface area contributed by atoms with Crippen molar-refractivity contribution in [2.24, 2.45) is 0 Å². The maximum absolute atomic E-state index is 12.8. The van der Waals surface area contributed by atoms with Gasteiger partial charge < -0.3 is 10.1 Å². The van der Waals surface area contributed by atoms with E-state index in [-0.39, 0.29) is 16.5 Å². The van der Waals surface area contributed by atoms with E-state index >= 15 is 0 Å². The molecule has 2 amide bonds. The van der Waals surface area contributed by atoms with Gasteiger partial charge in [0.2, 0.25) is 0 Å². The van der Waals surface area contributed by atoms with E-state index < -0.39 is 24.1 Å². The van der Waals surface area contributed by atoms with Crippen LogP contribution in [0, 0.1) is 0 Å². The molecule has 2 N–H and O–H groups in total. The molecule has 0 bridgehead atoms. The highest BCUT2D eigenvalue weighted by molar-refractivity contribution is 6.31. The van der Waals surface area contributed by atoms with E-state index in [0.717, 1.165) is 12.1 Å². The molecule has 0 saturated carbocycles. The minimum Gasteiger partial charge on any atom is -0.406 e. The van der Waals surface area contributed by atoms with E-state index in [4.69, 9.17) is 23.2 Å². The van der Waals surface area contributed by atoms with Gasteiger partial charge in [0.25, 0.3) is 11.8 Å². The summed E-state index contributed by atoms with van der Waals surface area (Å²) in [4.78, 5) is 33.9. The maximum atomic E-state index is 12.8. The van der Waals surface area contributed by atoms with Crippen molar-refractivity contribution in [3.63, 3.8) is 0 Å². The van der Waals surface area contributed by atoms with E-state index in [9.17, 15) is 22.8 Å². The molecular formula is C24H22Cl2F3N5O3. The SMILES string of the molecule is CC(NC(=O)c1cc(Cl)cc(OC(F)(F)F)c1)c1nccnc1-c1ccc(C(=O)NN(C)CCCl)cc1. The van der Waals surface area contributed by atoms with Gasteiger partial charge in [0, 0.05) is 53.6 Å². The highest BCUT2D eigenvalue weighted by Crippen LogP contribution is 2.28. The van der Waals surface area contributed by atoms with Crippen LogP contribution in [0.25, 0.3) is 11.3 Å². The molecule has 37 heavy (non-hydrogen) atoms. The Bertz CT molecular complexity index is 1260. The minimum absolute atomic E-state index is 0.0993. The molecule has 0 radical (unpaired) electrons. The minimum atomic E-state index is -4.93. The second kappa shape index (κ2) is 12.2. The molecule has 1 atom stereocenters. The number of nitrogens with one attached hydrogen (secondary N) is 2. The highest BCUT2D eigenvalue weighted by atomic mass is 35.5. The number of halogens is 5. The third-order valence-corrected chi connectivity index (χ3v) is 5.37. The smallest absolute Gasteiger partial charge is 0.406 e. The fourth-order valence-electron chi connectivity index (χ4n) is 3.32. The molecule has 0 aliphatic rings. The molecule has 3 aromatic rings.